The molecule has 0 bridgehead atoms. The minimum absolute atomic E-state index is 0.152. The van der Waals surface area contributed by atoms with E-state index in [1.807, 2.05) is 42.5 Å². The molecule has 4 aromatic carbocycles. The standard InChI is InChI=1S/C34H26F3N3O3/c1-21-30(31(39-43-21)23-7-3-2-4-8-23)33(42)40-18-17-24-19-27(16-13-25(24)20-40)38-32(41)29-10-6-5-9-28(29)22-11-14-26(15-12-22)34(35,36)37/h2-16,19H,17-18,20H2,1H3,(H,38,41). The summed E-state index contributed by atoms with van der Waals surface area (Å²) in [6.07, 6.45) is -3.84. The van der Waals surface area contributed by atoms with E-state index in [9.17, 15) is 22.8 Å². The second-order valence-corrected chi connectivity index (χ2v) is 10.4. The Morgan fingerprint density at radius 1 is 0.860 bits per heavy atom. The first kappa shape index (κ1) is 28.0. The van der Waals surface area contributed by atoms with Crippen LogP contribution in [0, 0.1) is 6.92 Å². The summed E-state index contributed by atoms with van der Waals surface area (Å²) in [5.74, 6) is -0.0655. The normalized spacial score (nSPS) is 13.0. The van der Waals surface area contributed by atoms with Crippen molar-refractivity contribution in [3.05, 3.63) is 131 Å². The fourth-order valence-electron chi connectivity index (χ4n) is 5.35. The third-order valence-electron chi connectivity index (χ3n) is 7.58. The lowest BCUT2D eigenvalue weighted by atomic mass is 9.96. The zero-order valence-corrected chi connectivity index (χ0v) is 23.1. The van der Waals surface area contributed by atoms with Gasteiger partial charge < -0.3 is 14.7 Å². The molecule has 5 aromatic rings. The summed E-state index contributed by atoms with van der Waals surface area (Å²) >= 11 is 0. The van der Waals surface area contributed by atoms with Crippen molar-refractivity contribution in [3.63, 3.8) is 0 Å². The van der Waals surface area contributed by atoms with E-state index in [2.05, 4.69) is 10.5 Å². The lowest BCUT2D eigenvalue weighted by molar-refractivity contribution is -0.137. The monoisotopic (exact) mass is 581 g/mol. The van der Waals surface area contributed by atoms with Gasteiger partial charge in [0, 0.05) is 29.9 Å². The van der Waals surface area contributed by atoms with Crippen LogP contribution in [0.1, 0.15) is 43.2 Å². The average molecular weight is 582 g/mol. The van der Waals surface area contributed by atoms with Crippen LogP contribution >= 0.6 is 0 Å². The van der Waals surface area contributed by atoms with Gasteiger partial charge in [-0.25, -0.2) is 0 Å². The third kappa shape index (κ3) is 5.66. The Hall–Kier alpha value is -5.18. The van der Waals surface area contributed by atoms with Crippen LogP contribution in [-0.2, 0) is 19.1 Å². The Kier molecular flexibility index (Phi) is 7.31. The summed E-state index contributed by atoms with van der Waals surface area (Å²) < 4.78 is 44.5. The van der Waals surface area contributed by atoms with Crippen molar-refractivity contribution in [1.29, 1.82) is 0 Å². The van der Waals surface area contributed by atoms with Crippen molar-refractivity contribution >= 4 is 17.5 Å². The number of amides is 2. The number of benzene rings is 4. The molecule has 0 atom stereocenters. The van der Waals surface area contributed by atoms with Gasteiger partial charge in [-0.2, -0.15) is 13.2 Å². The lowest BCUT2D eigenvalue weighted by Gasteiger charge is -2.29. The molecule has 2 amide bonds. The molecule has 0 radical (unpaired) electrons. The molecule has 216 valence electrons. The highest BCUT2D eigenvalue weighted by atomic mass is 19.4. The van der Waals surface area contributed by atoms with Gasteiger partial charge >= 0.3 is 6.18 Å². The van der Waals surface area contributed by atoms with Crippen LogP contribution in [0.25, 0.3) is 22.4 Å². The first-order valence-corrected chi connectivity index (χ1v) is 13.7. The molecule has 1 aliphatic rings. The van der Waals surface area contributed by atoms with E-state index in [-0.39, 0.29) is 11.8 Å². The zero-order valence-electron chi connectivity index (χ0n) is 23.1. The number of nitrogens with zero attached hydrogens (tertiary/aromatic N) is 2. The molecule has 0 aliphatic carbocycles. The van der Waals surface area contributed by atoms with Gasteiger partial charge in [-0.15, -0.1) is 0 Å². The first-order valence-electron chi connectivity index (χ1n) is 13.7. The van der Waals surface area contributed by atoms with Gasteiger partial charge in [0.1, 0.15) is 17.0 Å². The molecule has 1 aromatic heterocycles. The van der Waals surface area contributed by atoms with Crippen molar-refractivity contribution in [3.8, 4) is 22.4 Å². The Bertz CT molecular complexity index is 1810. The Morgan fingerprint density at radius 2 is 1.58 bits per heavy atom. The molecule has 2 heterocycles. The number of alkyl halides is 3. The zero-order chi connectivity index (χ0) is 30.1. The number of anilines is 1. The fraction of sp³-hybridized carbons (Fsp3) is 0.147. The van der Waals surface area contributed by atoms with Crippen molar-refractivity contribution < 1.29 is 27.3 Å². The minimum Gasteiger partial charge on any atom is -0.360 e. The number of fused-ring (bicyclic) bond motifs is 1. The number of carbonyl (C=O) groups is 2. The van der Waals surface area contributed by atoms with E-state index >= 15 is 0 Å². The minimum atomic E-state index is -4.44. The number of carbonyl (C=O) groups excluding carboxylic acids is 2. The van der Waals surface area contributed by atoms with Gasteiger partial charge in [-0.05, 0) is 65.9 Å². The maximum Gasteiger partial charge on any atom is 0.416 e. The average Bonchev–Trinajstić information content (AvgIpc) is 3.41. The number of aryl methyl sites for hydroxylation is 1. The van der Waals surface area contributed by atoms with E-state index < -0.39 is 11.7 Å². The smallest absolute Gasteiger partial charge is 0.360 e. The molecule has 0 spiro atoms. The number of hydrogen-bond donors (Lipinski definition) is 1. The maximum atomic E-state index is 13.6. The van der Waals surface area contributed by atoms with Gasteiger partial charge in [-0.1, -0.05) is 71.9 Å². The van der Waals surface area contributed by atoms with Gasteiger partial charge in [0.05, 0.1) is 5.56 Å². The quantitative estimate of drug-likeness (QED) is 0.230. The molecule has 6 nitrogen and oxygen atoms in total. The van der Waals surface area contributed by atoms with Crippen LogP contribution in [0.5, 0.6) is 0 Å². The number of halogens is 3. The van der Waals surface area contributed by atoms with Crippen LogP contribution < -0.4 is 5.32 Å². The van der Waals surface area contributed by atoms with Crippen LogP contribution in [0.4, 0.5) is 18.9 Å². The molecule has 9 heteroatoms. The summed E-state index contributed by atoms with van der Waals surface area (Å²) in [7, 11) is 0. The molecule has 1 aliphatic heterocycles. The van der Waals surface area contributed by atoms with E-state index in [1.165, 1.54) is 12.1 Å². The Labute approximate surface area is 245 Å². The highest BCUT2D eigenvalue weighted by Gasteiger charge is 2.31. The highest BCUT2D eigenvalue weighted by Crippen LogP contribution is 2.33. The summed E-state index contributed by atoms with van der Waals surface area (Å²) in [6.45, 7) is 2.62. The summed E-state index contributed by atoms with van der Waals surface area (Å²) in [4.78, 5) is 28.7. The predicted molar refractivity (Wildman–Crippen MR) is 156 cm³/mol. The third-order valence-corrected chi connectivity index (χ3v) is 7.58. The molecule has 0 saturated heterocycles. The van der Waals surface area contributed by atoms with Gasteiger partial charge in [0.15, 0.2) is 0 Å². The van der Waals surface area contributed by atoms with E-state index in [4.69, 9.17) is 4.52 Å². The molecule has 43 heavy (non-hydrogen) atoms. The summed E-state index contributed by atoms with van der Waals surface area (Å²) in [5, 5.41) is 7.06. The SMILES string of the molecule is Cc1onc(-c2ccccc2)c1C(=O)N1CCc2cc(NC(=O)c3ccccc3-c3ccc(C(F)(F)F)cc3)ccc2C1. The largest absolute Gasteiger partial charge is 0.416 e. The van der Waals surface area contributed by atoms with Gasteiger partial charge in [0.2, 0.25) is 0 Å². The molecule has 6 rings (SSSR count). The molecule has 0 unspecified atom stereocenters. The van der Waals surface area contributed by atoms with Crippen molar-refractivity contribution in [2.45, 2.75) is 26.1 Å². The maximum absolute atomic E-state index is 13.6. The molecule has 0 fully saturated rings. The fourth-order valence-corrected chi connectivity index (χ4v) is 5.35. The molecule has 1 N–H and O–H groups in total. The van der Waals surface area contributed by atoms with E-state index in [0.717, 1.165) is 28.8 Å². The predicted octanol–water partition coefficient (Wildman–Crippen LogP) is 7.79. The van der Waals surface area contributed by atoms with Crippen LogP contribution in [0.3, 0.4) is 0 Å². The second-order valence-electron chi connectivity index (χ2n) is 10.4. The first-order chi connectivity index (χ1) is 20.7. The highest BCUT2D eigenvalue weighted by molar-refractivity contribution is 6.08. The Balaban J connectivity index is 1.18. The number of aromatic nitrogens is 1. The van der Waals surface area contributed by atoms with Crippen LogP contribution in [0.2, 0.25) is 0 Å². The van der Waals surface area contributed by atoms with Crippen molar-refractivity contribution in [2.24, 2.45) is 0 Å². The Morgan fingerprint density at radius 3 is 2.33 bits per heavy atom. The summed E-state index contributed by atoms with van der Waals surface area (Å²) in [6, 6.07) is 26.5. The van der Waals surface area contributed by atoms with Crippen molar-refractivity contribution in [2.75, 3.05) is 11.9 Å². The summed E-state index contributed by atoms with van der Waals surface area (Å²) in [5.41, 5.74) is 4.98. The number of nitrogens with one attached hydrogen (secondary N) is 1. The van der Waals surface area contributed by atoms with Crippen LogP contribution in [-0.4, -0.2) is 28.4 Å². The molecule has 0 saturated carbocycles. The van der Waals surface area contributed by atoms with E-state index in [1.54, 1.807) is 42.2 Å². The van der Waals surface area contributed by atoms with Gasteiger partial charge in [0.25, 0.3) is 11.8 Å². The van der Waals surface area contributed by atoms with Gasteiger partial charge in [-0.3, -0.25) is 9.59 Å². The van der Waals surface area contributed by atoms with E-state index in [0.29, 0.717) is 58.9 Å². The number of hydrogen-bond acceptors (Lipinski definition) is 4. The van der Waals surface area contributed by atoms with Crippen molar-refractivity contribution in [1.82, 2.24) is 10.1 Å². The topological polar surface area (TPSA) is 75.4 Å². The number of rotatable bonds is 5. The molecular formula is C34H26F3N3O3. The lowest BCUT2D eigenvalue weighted by Crippen LogP contribution is -2.36. The second kappa shape index (κ2) is 11.2. The van der Waals surface area contributed by atoms with Crippen LogP contribution in [0.15, 0.2) is 102 Å². The molecular weight excluding hydrogens is 555 g/mol.